The van der Waals surface area contributed by atoms with E-state index in [9.17, 15) is 9.59 Å². The number of carbonyl (C=O) groups excluding carboxylic acids is 2. The number of thioether (sulfide) groups is 1. The van der Waals surface area contributed by atoms with E-state index in [2.05, 4.69) is 4.74 Å². The second-order valence-electron chi connectivity index (χ2n) is 4.03. The van der Waals surface area contributed by atoms with E-state index in [1.807, 2.05) is 23.6 Å². The number of ether oxygens (including phenoxy) is 1. The minimum Gasteiger partial charge on any atom is -0.469 e. The normalized spacial score (nSPS) is 17.1. The molecule has 0 aliphatic carbocycles. The zero-order chi connectivity index (χ0) is 14.5. The summed E-state index contributed by atoms with van der Waals surface area (Å²) in [6, 6.07) is 3.89. The average molecular weight is 327 g/mol. The maximum atomic E-state index is 12.2. The Balaban J connectivity index is 1.97. The number of esters is 1. The Kier molecular flexibility index (Phi) is 5.33. The van der Waals surface area contributed by atoms with E-state index in [-0.39, 0.29) is 18.3 Å². The summed E-state index contributed by atoms with van der Waals surface area (Å²) in [6.07, 6.45) is 2.69. The zero-order valence-corrected chi connectivity index (χ0v) is 13.3. The molecular weight excluding hydrogens is 314 g/mol. The highest BCUT2D eigenvalue weighted by Gasteiger charge is 2.31. The van der Waals surface area contributed by atoms with Crippen LogP contribution in [0.15, 0.2) is 22.4 Å². The highest BCUT2D eigenvalue weighted by atomic mass is 32.2. The van der Waals surface area contributed by atoms with Gasteiger partial charge in [-0.15, -0.1) is 11.3 Å². The van der Waals surface area contributed by atoms with Gasteiger partial charge in [0, 0.05) is 17.8 Å². The van der Waals surface area contributed by atoms with Crippen molar-refractivity contribution in [2.24, 2.45) is 0 Å². The first-order valence-corrected chi connectivity index (χ1v) is 8.08. The molecule has 0 radical (unpaired) electrons. The number of rotatable bonds is 5. The van der Waals surface area contributed by atoms with E-state index in [0.717, 1.165) is 4.88 Å². The van der Waals surface area contributed by atoms with Gasteiger partial charge in [-0.05, 0) is 23.9 Å². The second kappa shape index (κ2) is 7.01. The van der Waals surface area contributed by atoms with Crippen LogP contribution in [0.4, 0.5) is 0 Å². The smallest absolute Gasteiger partial charge is 0.305 e. The summed E-state index contributed by atoms with van der Waals surface area (Å²) < 4.78 is 5.11. The number of hydrogen-bond acceptors (Lipinski definition) is 6. The van der Waals surface area contributed by atoms with Crippen LogP contribution in [-0.4, -0.2) is 34.8 Å². The van der Waals surface area contributed by atoms with Crippen molar-refractivity contribution in [3.63, 3.8) is 0 Å². The molecule has 0 aromatic carbocycles. The van der Waals surface area contributed by atoms with Gasteiger partial charge in [-0.3, -0.25) is 14.5 Å². The lowest BCUT2D eigenvalue weighted by Gasteiger charge is -2.13. The summed E-state index contributed by atoms with van der Waals surface area (Å²) in [4.78, 5) is 26.5. The van der Waals surface area contributed by atoms with Crippen molar-refractivity contribution in [1.82, 2.24) is 4.90 Å². The van der Waals surface area contributed by atoms with Gasteiger partial charge >= 0.3 is 5.97 Å². The van der Waals surface area contributed by atoms with Crippen molar-refractivity contribution in [3.8, 4) is 0 Å². The van der Waals surface area contributed by atoms with E-state index in [1.54, 1.807) is 16.2 Å². The minimum absolute atomic E-state index is 0.0849. The summed E-state index contributed by atoms with van der Waals surface area (Å²) in [5.74, 6) is -0.358. The largest absolute Gasteiger partial charge is 0.469 e. The van der Waals surface area contributed by atoms with Crippen molar-refractivity contribution in [1.29, 1.82) is 0 Å². The Morgan fingerprint density at radius 2 is 2.35 bits per heavy atom. The SMILES string of the molecule is COC(=O)CCCN1C(=O)C(=Cc2cccs2)SC1=S. The Morgan fingerprint density at radius 1 is 1.55 bits per heavy atom. The molecule has 0 saturated carbocycles. The molecule has 0 spiro atoms. The Morgan fingerprint density at radius 3 is 3.00 bits per heavy atom. The molecule has 4 nitrogen and oxygen atoms in total. The monoisotopic (exact) mass is 327 g/mol. The number of hydrogen-bond donors (Lipinski definition) is 0. The fraction of sp³-hybridized carbons (Fsp3) is 0.308. The maximum absolute atomic E-state index is 12.2. The van der Waals surface area contributed by atoms with Crippen molar-refractivity contribution < 1.29 is 14.3 Å². The maximum Gasteiger partial charge on any atom is 0.305 e. The van der Waals surface area contributed by atoms with Crippen LogP contribution in [0.2, 0.25) is 0 Å². The van der Waals surface area contributed by atoms with Gasteiger partial charge in [-0.1, -0.05) is 30.0 Å². The van der Waals surface area contributed by atoms with Gasteiger partial charge in [0.15, 0.2) is 0 Å². The van der Waals surface area contributed by atoms with Gasteiger partial charge in [-0.25, -0.2) is 0 Å². The van der Waals surface area contributed by atoms with Crippen LogP contribution in [0, 0.1) is 0 Å². The van der Waals surface area contributed by atoms with Crippen LogP contribution in [-0.2, 0) is 14.3 Å². The first-order chi connectivity index (χ1) is 9.61. The predicted molar refractivity (Wildman–Crippen MR) is 85.4 cm³/mol. The van der Waals surface area contributed by atoms with Gasteiger partial charge < -0.3 is 4.74 Å². The van der Waals surface area contributed by atoms with Crippen molar-refractivity contribution in [2.45, 2.75) is 12.8 Å². The molecule has 1 fully saturated rings. The van der Waals surface area contributed by atoms with Gasteiger partial charge in [0.2, 0.25) is 0 Å². The molecule has 106 valence electrons. The van der Waals surface area contributed by atoms with Crippen LogP contribution >= 0.6 is 35.3 Å². The molecule has 2 heterocycles. The average Bonchev–Trinajstić information content (AvgIpc) is 3.02. The third-order valence-electron chi connectivity index (χ3n) is 2.68. The molecule has 1 aliphatic rings. The van der Waals surface area contributed by atoms with Crippen LogP contribution in [0.25, 0.3) is 6.08 Å². The van der Waals surface area contributed by atoms with Crippen LogP contribution < -0.4 is 0 Å². The molecule has 20 heavy (non-hydrogen) atoms. The van der Waals surface area contributed by atoms with Crippen molar-refractivity contribution in [3.05, 3.63) is 27.3 Å². The number of methoxy groups -OCH3 is 1. The molecule has 0 atom stereocenters. The quantitative estimate of drug-likeness (QED) is 0.473. The van der Waals surface area contributed by atoms with E-state index < -0.39 is 0 Å². The predicted octanol–water partition coefficient (Wildman–Crippen LogP) is 2.90. The number of nitrogens with zero attached hydrogens (tertiary/aromatic N) is 1. The number of thiophene rings is 1. The fourth-order valence-corrected chi connectivity index (χ4v) is 3.71. The van der Waals surface area contributed by atoms with Crippen LogP contribution in [0.3, 0.4) is 0 Å². The Hall–Kier alpha value is -1.18. The zero-order valence-electron chi connectivity index (χ0n) is 10.8. The summed E-state index contributed by atoms with van der Waals surface area (Å²) in [5, 5.41) is 1.96. The highest BCUT2D eigenvalue weighted by molar-refractivity contribution is 8.26. The lowest BCUT2D eigenvalue weighted by atomic mass is 10.3. The molecule has 1 aliphatic heterocycles. The van der Waals surface area contributed by atoms with Crippen molar-refractivity contribution in [2.75, 3.05) is 13.7 Å². The lowest BCUT2D eigenvalue weighted by molar-refractivity contribution is -0.141. The first-order valence-electron chi connectivity index (χ1n) is 5.97. The number of amides is 1. The fourth-order valence-electron chi connectivity index (χ4n) is 1.68. The highest BCUT2D eigenvalue weighted by Crippen LogP contribution is 2.33. The number of thiocarbonyl (C=S) groups is 1. The van der Waals surface area contributed by atoms with Crippen LogP contribution in [0.5, 0.6) is 0 Å². The molecule has 7 heteroatoms. The van der Waals surface area contributed by atoms with E-state index in [4.69, 9.17) is 12.2 Å². The first kappa shape index (κ1) is 15.2. The molecule has 1 aromatic rings. The topological polar surface area (TPSA) is 46.6 Å². The Labute approximate surface area is 130 Å². The van der Waals surface area contributed by atoms with E-state index >= 15 is 0 Å². The van der Waals surface area contributed by atoms with Crippen molar-refractivity contribution >= 4 is 57.6 Å². The molecular formula is C13H13NO3S3. The third kappa shape index (κ3) is 3.68. The summed E-state index contributed by atoms with van der Waals surface area (Å²) >= 11 is 8.09. The van der Waals surface area contributed by atoms with Gasteiger partial charge in [0.25, 0.3) is 5.91 Å². The summed E-state index contributed by atoms with van der Waals surface area (Å²) in [5.41, 5.74) is 0. The lowest BCUT2D eigenvalue weighted by Crippen LogP contribution is -2.29. The standard InChI is InChI=1S/C13H13NO3S3/c1-17-11(15)5-2-6-14-12(16)10(20-13(14)18)8-9-4-3-7-19-9/h3-4,7-8H,2,5-6H2,1H3. The summed E-state index contributed by atoms with van der Waals surface area (Å²) in [6.45, 7) is 0.446. The number of carbonyl (C=O) groups is 2. The molecule has 1 aromatic heterocycles. The summed E-state index contributed by atoms with van der Waals surface area (Å²) in [7, 11) is 1.35. The molecule has 0 unspecified atom stereocenters. The van der Waals surface area contributed by atoms with Gasteiger partial charge in [0.05, 0.1) is 12.0 Å². The molecule has 2 rings (SSSR count). The molecule has 1 saturated heterocycles. The molecule has 0 bridgehead atoms. The van der Waals surface area contributed by atoms with E-state index in [0.29, 0.717) is 22.2 Å². The third-order valence-corrected chi connectivity index (χ3v) is 4.88. The molecule has 1 amide bonds. The van der Waals surface area contributed by atoms with Gasteiger partial charge in [-0.2, -0.15) is 0 Å². The van der Waals surface area contributed by atoms with Gasteiger partial charge in [0.1, 0.15) is 4.32 Å². The minimum atomic E-state index is -0.274. The van der Waals surface area contributed by atoms with E-state index in [1.165, 1.54) is 18.9 Å². The van der Waals surface area contributed by atoms with Crippen LogP contribution in [0.1, 0.15) is 17.7 Å². The second-order valence-corrected chi connectivity index (χ2v) is 6.68. The Bertz CT molecular complexity index is 551. The molecule has 0 N–H and O–H groups in total.